The maximum atomic E-state index is 12.6. The van der Waals surface area contributed by atoms with E-state index in [0.29, 0.717) is 47.2 Å². The van der Waals surface area contributed by atoms with Gasteiger partial charge in [-0.1, -0.05) is 68.1 Å². The number of nitrogens with one attached hydrogen (secondary N) is 3. The van der Waals surface area contributed by atoms with E-state index in [4.69, 9.17) is 21.3 Å². The Hall–Kier alpha value is -5.29. The van der Waals surface area contributed by atoms with Gasteiger partial charge in [0.05, 0.1) is 19.0 Å². The van der Waals surface area contributed by atoms with Crippen molar-refractivity contribution in [2.75, 3.05) is 81.8 Å². The summed E-state index contributed by atoms with van der Waals surface area (Å²) in [5.41, 5.74) is 6.13. The van der Waals surface area contributed by atoms with Crippen molar-refractivity contribution in [1.82, 2.24) is 30.0 Å². The number of amides is 2. The third kappa shape index (κ3) is 9.06. The molecule has 4 aromatic rings. The molecule has 3 aromatic carbocycles. The molecule has 8 rings (SSSR count). The largest absolute Gasteiger partial charge is 0.494 e. The van der Waals surface area contributed by atoms with Crippen molar-refractivity contribution >= 4 is 83.2 Å². The molecule has 0 spiro atoms. The van der Waals surface area contributed by atoms with Crippen LogP contribution in [0.5, 0.6) is 5.75 Å². The normalized spacial score (nSPS) is 19.1. The van der Waals surface area contributed by atoms with Crippen LogP contribution in [0.25, 0.3) is 11.8 Å². The van der Waals surface area contributed by atoms with Crippen LogP contribution >= 0.6 is 19.5 Å². The average molecular weight is 848 g/mol. The van der Waals surface area contributed by atoms with Gasteiger partial charge < -0.3 is 25.2 Å². The molecular weight excluding hydrogens is 797 g/mol. The number of carbonyl (C=O) groups excluding carboxylic acids is 3. The average Bonchev–Trinajstić information content (AvgIpc) is 3.64. The third-order valence-electron chi connectivity index (χ3n) is 12.0. The Labute approximate surface area is 357 Å². The lowest BCUT2D eigenvalue weighted by Crippen LogP contribution is -2.53. The highest BCUT2D eigenvalue weighted by atomic mass is 35.5. The van der Waals surface area contributed by atoms with Gasteiger partial charge >= 0.3 is 0 Å². The first-order valence-corrected chi connectivity index (χ1v) is 23.2. The number of imide groups is 1. The maximum absolute atomic E-state index is 12.6. The first-order chi connectivity index (χ1) is 29.2. The van der Waals surface area contributed by atoms with Crippen molar-refractivity contribution in [3.8, 4) is 5.75 Å². The smallest absolute Gasteiger partial charge is 0.249 e. The second-order valence-corrected chi connectivity index (χ2v) is 18.5. The van der Waals surface area contributed by atoms with Crippen molar-refractivity contribution < 1.29 is 19.1 Å². The van der Waals surface area contributed by atoms with Gasteiger partial charge in [0.2, 0.25) is 17.8 Å². The summed E-state index contributed by atoms with van der Waals surface area (Å²) in [4.78, 5) is 54.9. The number of benzene rings is 3. The number of hydrogen-bond donors (Lipinski definition) is 3. The lowest BCUT2D eigenvalue weighted by molar-refractivity contribution is -0.136. The van der Waals surface area contributed by atoms with Crippen LogP contribution < -0.4 is 30.9 Å². The van der Waals surface area contributed by atoms with Gasteiger partial charge in [-0.3, -0.25) is 24.7 Å². The van der Waals surface area contributed by atoms with Crippen molar-refractivity contribution in [2.45, 2.75) is 44.3 Å². The number of anilines is 5. The minimum atomic E-state index is -0.556. The van der Waals surface area contributed by atoms with Gasteiger partial charge in [-0.25, -0.2) is 9.78 Å². The molecule has 1 aromatic heterocycles. The van der Waals surface area contributed by atoms with E-state index in [9.17, 15) is 14.4 Å². The van der Waals surface area contributed by atoms with Gasteiger partial charge in [-0.2, -0.15) is 4.98 Å². The Kier molecular flexibility index (Phi) is 12.8. The maximum Gasteiger partial charge on any atom is 0.249 e. The zero-order valence-corrected chi connectivity index (χ0v) is 35.9. The molecule has 4 aliphatic rings. The quantitative estimate of drug-likeness (QED) is 0.0867. The van der Waals surface area contributed by atoms with Crippen LogP contribution in [-0.4, -0.2) is 121 Å². The first kappa shape index (κ1) is 41.4. The molecule has 13 nitrogen and oxygen atoms in total. The number of methoxy groups -OCH3 is 1. The van der Waals surface area contributed by atoms with E-state index in [-0.39, 0.29) is 26.2 Å². The van der Waals surface area contributed by atoms with Gasteiger partial charge in [-0.15, -0.1) is 0 Å². The molecule has 0 bridgehead atoms. The van der Waals surface area contributed by atoms with Crippen LogP contribution in [0.15, 0.2) is 72.9 Å². The van der Waals surface area contributed by atoms with Gasteiger partial charge in [0.15, 0.2) is 11.8 Å². The van der Waals surface area contributed by atoms with Crippen molar-refractivity contribution in [1.29, 1.82) is 0 Å². The molecule has 0 radical (unpaired) electrons. The van der Waals surface area contributed by atoms with E-state index in [1.165, 1.54) is 5.30 Å². The predicted octanol–water partition coefficient (Wildman–Crippen LogP) is 6.09. The van der Waals surface area contributed by atoms with Crippen LogP contribution in [0.2, 0.25) is 5.02 Å². The van der Waals surface area contributed by atoms with Crippen molar-refractivity contribution in [2.24, 2.45) is 0 Å². The summed E-state index contributed by atoms with van der Waals surface area (Å²) in [5, 5.41) is 10.9. The van der Waals surface area contributed by atoms with Crippen LogP contribution in [0.1, 0.15) is 42.4 Å². The number of fused-ring (bicyclic) bond motifs is 1. The van der Waals surface area contributed by atoms with Crippen LogP contribution in [-0.2, 0) is 20.9 Å². The summed E-state index contributed by atoms with van der Waals surface area (Å²) < 4.78 is 5.84. The summed E-state index contributed by atoms with van der Waals surface area (Å²) in [6.45, 7) is 11.8. The third-order valence-corrected chi connectivity index (χ3v) is 13.6. The van der Waals surface area contributed by atoms with Crippen LogP contribution in [0.4, 0.5) is 28.8 Å². The summed E-state index contributed by atoms with van der Waals surface area (Å²) in [6, 6.07) is 20.4. The van der Waals surface area contributed by atoms with E-state index < -0.39 is 6.04 Å². The number of piperidine rings is 2. The van der Waals surface area contributed by atoms with E-state index in [1.54, 1.807) is 18.2 Å². The number of hydrogen-bond acceptors (Lipinski definition) is 12. The standard InChI is InChI=1S/C45H51ClN9O4P/c1-59-40-26-32(13-14-36(40)49-45-47-27-35(46)43(51-45)48-37-11-4-5-12-41(37)60(2)3)53-20-17-31(18-21-53)54-24-22-52(23-25-54)19-7-9-30-8-6-10-33-34(30)28-55(39(33)29-56)38-15-16-42(57)50-44(38)58/h4-14,26-27,31,38H,15-25,28H2,1-3H3,(H,50,57,58)(H2,47,48,49,51)/b9-7+. The monoisotopic (exact) mass is 847 g/mol. The zero-order valence-electron chi connectivity index (χ0n) is 34.3. The highest BCUT2D eigenvalue weighted by Crippen LogP contribution is 2.38. The molecule has 2 amide bonds. The molecule has 1 atom stereocenters. The van der Waals surface area contributed by atoms with Gasteiger partial charge in [0, 0.05) is 87.8 Å². The lowest BCUT2D eigenvalue weighted by atomic mass is 10.0. The number of rotatable bonds is 12. The van der Waals surface area contributed by atoms with Crippen LogP contribution in [0.3, 0.4) is 0 Å². The van der Waals surface area contributed by atoms with Crippen molar-refractivity contribution in [3.05, 3.63) is 94.6 Å². The number of para-hydroxylation sites is 1. The second-order valence-electron chi connectivity index (χ2n) is 15.8. The minimum Gasteiger partial charge on any atom is -0.494 e. The van der Waals surface area contributed by atoms with Gasteiger partial charge in [-0.05, 0) is 67.2 Å². The Bertz CT molecular complexity index is 2320. The molecule has 1 unspecified atom stereocenters. The molecule has 4 aliphatic heterocycles. The second kappa shape index (κ2) is 18.5. The lowest BCUT2D eigenvalue weighted by Gasteiger charge is -2.43. The topological polar surface area (TPSA) is 135 Å². The number of aromatic nitrogens is 2. The molecule has 5 heterocycles. The number of piperazine rings is 1. The number of nitrogens with zero attached hydrogens (tertiary/aromatic N) is 6. The molecule has 3 saturated heterocycles. The molecule has 0 saturated carbocycles. The highest BCUT2D eigenvalue weighted by molar-refractivity contribution is 7.64. The summed E-state index contributed by atoms with van der Waals surface area (Å²) in [6.07, 6.45) is 8.78. The number of ether oxygens (including phenoxy) is 1. The van der Waals surface area contributed by atoms with Gasteiger partial charge in [0.1, 0.15) is 22.5 Å². The Balaban J connectivity index is 0.818. The Morgan fingerprint density at radius 1 is 0.967 bits per heavy atom. The Morgan fingerprint density at radius 3 is 2.52 bits per heavy atom. The molecule has 3 N–H and O–H groups in total. The number of carbonyl (C=O) groups is 2. The first-order valence-electron chi connectivity index (χ1n) is 20.6. The van der Waals surface area contributed by atoms with E-state index in [0.717, 1.165) is 92.4 Å². The fourth-order valence-corrected chi connectivity index (χ4v) is 9.90. The minimum absolute atomic E-state index is 0.260. The summed E-state index contributed by atoms with van der Waals surface area (Å²) in [5.74, 6) is 3.12. The zero-order chi connectivity index (χ0) is 41.8. The van der Waals surface area contributed by atoms with E-state index >= 15 is 0 Å². The fraction of sp³-hybridized carbons (Fsp3) is 0.378. The van der Waals surface area contributed by atoms with Crippen LogP contribution in [0, 0.1) is 0 Å². The fourth-order valence-electron chi connectivity index (χ4n) is 8.76. The predicted molar refractivity (Wildman–Crippen MR) is 241 cm³/mol. The molecule has 15 heteroatoms. The Morgan fingerprint density at radius 2 is 1.77 bits per heavy atom. The molecule has 0 aliphatic carbocycles. The number of halogens is 1. The highest BCUT2D eigenvalue weighted by Gasteiger charge is 2.38. The molecule has 3 fully saturated rings. The van der Waals surface area contributed by atoms with E-state index in [2.05, 4.69) is 91.3 Å². The van der Waals surface area contributed by atoms with Gasteiger partial charge in [0.25, 0.3) is 0 Å². The van der Waals surface area contributed by atoms with Crippen molar-refractivity contribution in [3.63, 3.8) is 0 Å². The van der Waals surface area contributed by atoms with E-state index in [1.807, 2.05) is 36.4 Å². The molecular formula is C45H51ClN9O4P. The summed E-state index contributed by atoms with van der Waals surface area (Å²) in [7, 11) is 1.36. The summed E-state index contributed by atoms with van der Waals surface area (Å²) >= 11 is 6.53. The SMILES string of the molecule is COc1cc(N2CCC(N3CCN(C/C=C/c4cccc5c4CN(C4CCC(=O)NC4=O)C5=C=O)CC3)CC2)ccc1Nc1ncc(Cl)c(Nc2ccccc2P(C)C)n1. The molecule has 60 heavy (non-hydrogen) atoms. The molecule has 312 valence electrons.